The molecule has 0 radical (unpaired) electrons. The monoisotopic (exact) mass is 378 g/mol. The zero-order valence-corrected chi connectivity index (χ0v) is 15.0. The minimum absolute atomic E-state index is 0.145. The summed E-state index contributed by atoms with van der Waals surface area (Å²) in [5, 5.41) is 5.21. The Bertz CT molecular complexity index is 805. The lowest BCUT2D eigenvalue weighted by Crippen LogP contribution is -2.26. The van der Waals surface area contributed by atoms with Gasteiger partial charge in [0.1, 0.15) is 23.1 Å². The molecule has 2 aromatic rings. The van der Waals surface area contributed by atoms with Crippen LogP contribution in [0.4, 0.5) is 14.5 Å². The number of rotatable bonds is 8. The zero-order valence-electron chi connectivity index (χ0n) is 15.0. The number of carbonyl (C=O) groups excluding carboxylic acids is 2. The molecule has 6 nitrogen and oxygen atoms in total. The second-order valence-corrected chi connectivity index (χ2v) is 5.63. The van der Waals surface area contributed by atoms with Crippen LogP contribution in [0.1, 0.15) is 23.2 Å². The van der Waals surface area contributed by atoms with Crippen LogP contribution < -0.4 is 20.1 Å². The summed E-state index contributed by atoms with van der Waals surface area (Å²) in [4.78, 5) is 23.9. The van der Waals surface area contributed by atoms with E-state index in [9.17, 15) is 18.4 Å². The van der Waals surface area contributed by atoms with Gasteiger partial charge in [0.05, 0.1) is 19.8 Å². The van der Waals surface area contributed by atoms with Crippen LogP contribution in [-0.2, 0) is 4.79 Å². The Morgan fingerprint density at radius 2 is 1.67 bits per heavy atom. The van der Waals surface area contributed by atoms with Crippen molar-refractivity contribution < 1.29 is 27.8 Å². The molecule has 0 aromatic heterocycles. The van der Waals surface area contributed by atoms with Crippen LogP contribution in [-0.4, -0.2) is 32.6 Å². The zero-order chi connectivity index (χ0) is 19.8. The van der Waals surface area contributed by atoms with Crippen molar-refractivity contribution in [3.63, 3.8) is 0 Å². The minimum atomic E-state index is -0.933. The third kappa shape index (κ3) is 5.95. The maximum Gasteiger partial charge on any atom is 0.254 e. The molecule has 27 heavy (non-hydrogen) atoms. The Kier molecular flexibility index (Phi) is 7.10. The fourth-order valence-corrected chi connectivity index (χ4v) is 2.32. The average Bonchev–Trinajstić information content (AvgIpc) is 2.64. The Balaban J connectivity index is 1.80. The second-order valence-electron chi connectivity index (χ2n) is 5.63. The van der Waals surface area contributed by atoms with Gasteiger partial charge in [-0.15, -0.1) is 0 Å². The number of benzene rings is 2. The van der Waals surface area contributed by atoms with Gasteiger partial charge >= 0.3 is 0 Å². The molecular weight excluding hydrogens is 358 g/mol. The van der Waals surface area contributed by atoms with Crippen LogP contribution in [0.5, 0.6) is 11.5 Å². The van der Waals surface area contributed by atoms with Crippen molar-refractivity contribution in [1.82, 2.24) is 5.32 Å². The quantitative estimate of drug-likeness (QED) is 0.692. The molecule has 2 N–H and O–H groups in total. The van der Waals surface area contributed by atoms with Gasteiger partial charge in [-0.05, 0) is 18.6 Å². The predicted molar refractivity (Wildman–Crippen MR) is 96.1 cm³/mol. The minimum Gasteiger partial charge on any atom is -0.497 e. The Morgan fingerprint density at radius 3 is 2.26 bits per heavy atom. The van der Waals surface area contributed by atoms with Crippen LogP contribution >= 0.6 is 0 Å². The largest absolute Gasteiger partial charge is 0.497 e. The predicted octanol–water partition coefficient (Wildman–Crippen LogP) is 3.13. The summed E-state index contributed by atoms with van der Waals surface area (Å²) >= 11 is 0. The molecule has 0 heterocycles. The number of anilines is 1. The van der Waals surface area contributed by atoms with Crippen LogP contribution in [0.3, 0.4) is 0 Å². The molecule has 0 aliphatic carbocycles. The second kappa shape index (κ2) is 9.51. The highest BCUT2D eigenvalue weighted by Gasteiger charge is 2.12. The van der Waals surface area contributed by atoms with Crippen LogP contribution in [0, 0.1) is 11.6 Å². The van der Waals surface area contributed by atoms with Crippen LogP contribution in [0.15, 0.2) is 36.4 Å². The van der Waals surface area contributed by atoms with E-state index in [1.54, 1.807) is 18.2 Å². The van der Waals surface area contributed by atoms with Gasteiger partial charge in [0.2, 0.25) is 5.91 Å². The Morgan fingerprint density at radius 1 is 1.00 bits per heavy atom. The van der Waals surface area contributed by atoms with Crippen molar-refractivity contribution in [2.75, 3.05) is 26.1 Å². The van der Waals surface area contributed by atoms with Crippen molar-refractivity contribution in [2.24, 2.45) is 0 Å². The Labute approximate surface area is 155 Å². The van der Waals surface area contributed by atoms with Gasteiger partial charge < -0.3 is 20.1 Å². The number of ether oxygens (including phenoxy) is 2. The number of hydrogen-bond donors (Lipinski definition) is 2. The number of hydrogen-bond acceptors (Lipinski definition) is 4. The molecule has 0 fully saturated rings. The normalized spacial score (nSPS) is 10.2. The molecular formula is C19H20F2N2O4. The van der Waals surface area contributed by atoms with E-state index in [-0.39, 0.29) is 24.4 Å². The number of carbonyl (C=O) groups is 2. The molecule has 2 amide bonds. The Hall–Kier alpha value is -3.16. The molecule has 8 heteroatoms. The highest BCUT2D eigenvalue weighted by atomic mass is 19.1. The standard InChI is InChI=1S/C19H20F2N2O4/c1-26-14-9-13(10-15(11-14)27-2)23-18(24)4-3-7-22-19(25)16-6-5-12(20)8-17(16)21/h5-6,8-11H,3-4,7H2,1-2H3,(H,22,25)(H,23,24). The van der Waals surface area contributed by atoms with Crippen LogP contribution in [0.2, 0.25) is 0 Å². The lowest BCUT2D eigenvalue weighted by atomic mass is 10.2. The molecule has 0 aliphatic heterocycles. The highest BCUT2D eigenvalue weighted by Crippen LogP contribution is 2.25. The molecule has 0 saturated carbocycles. The summed E-state index contributed by atoms with van der Waals surface area (Å²) in [6, 6.07) is 7.71. The summed E-state index contributed by atoms with van der Waals surface area (Å²) in [5.74, 6) is -1.53. The van der Waals surface area contributed by atoms with E-state index in [1.807, 2.05) is 0 Å². The lowest BCUT2D eigenvalue weighted by molar-refractivity contribution is -0.116. The number of halogens is 2. The van der Waals surface area contributed by atoms with E-state index in [1.165, 1.54) is 14.2 Å². The summed E-state index contributed by atoms with van der Waals surface area (Å²) in [6.45, 7) is 0.171. The average molecular weight is 378 g/mol. The van der Waals surface area contributed by atoms with Gasteiger partial charge in [-0.25, -0.2) is 8.78 Å². The molecule has 0 atom stereocenters. The number of nitrogens with one attached hydrogen (secondary N) is 2. The number of amides is 2. The van der Waals surface area contributed by atoms with E-state index < -0.39 is 17.5 Å². The number of methoxy groups -OCH3 is 2. The SMILES string of the molecule is COc1cc(NC(=O)CCCNC(=O)c2ccc(F)cc2F)cc(OC)c1. The van der Waals surface area contributed by atoms with Crippen molar-refractivity contribution >= 4 is 17.5 Å². The van der Waals surface area contributed by atoms with Gasteiger partial charge in [-0.1, -0.05) is 0 Å². The molecule has 0 aliphatic rings. The third-order valence-corrected chi connectivity index (χ3v) is 3.68. The van der Waals surface area contributed by atoms with E-state index in [2.05, 4.69) is 10.6 Å². The summed E-state index contributed by atoms with van der Waals surface area (Å²) in [7, 11) is 3.01. The van der Waals surface area contributed by atoms with Gasteiger partial charge in [-0.2, -0.15) is 0 Å². The first kappa shape index (κ1) is 20.2. The van der Waals surface area contributed by atoms with Crippen molar-refractivity contribution in [2.45, 2.75) is 12.8 Å². The third-order valence-electron chi connectivity index (χ3n) is 3.68. The van der Waals surface area contributed by atoms with Crippen molar-refractivity contribution in [3.8, 4) is 11.5 Å². The highest BCUT2D eigenvalue weighted by molar-refractivity contribution is 5.94. The van der Waals surface area contributed by atoms with Crippen molar-refractivity contribution in [1.29, 1.82) is 0 Å². The first-order chi connectivity index (χ1) is 12.9. The molecule has 144 valence electrons. The maximum atomic E-state index is 13.5. The fraction of sp³-hybridized carbons (Fsp3) is 0.263. The van der Waals surface area contributed by atoms with Crippen LogP contribution in [0.25, 0.3) is 0 Å². The summed E-state index contributed by atoms with van der Waals surface area (Å²) in [5.41, 5.74) is 0.276. The fourth-order valence-electron chi connectivity index (χ4n) is 2.32. The van der Waals surface area contributed by atoms with E-state index in [0.29, 0.717) is 29.7 Å². The lowest BCUT2D eigenvalue weighted by Gasteiger charge is -2.10. The van der Waals surface area contributed by atoms with Gasteiger partial charge in [0.25, 0.3) is 5.91 Å². The van der Waals surface area contributed by atoms with Crippen molar-refractivity contribution in [3.05, 3.63) is 53.6 Å². The van der Waals surface area contributed by atoms with Gasteiger partial charge in [0.15, 0.2) is 0 Å². The first-order valence-electron chi connectivity index (χ1n) is 8.19. The molecule has 2 aromatic carbocycles. The molecule has 0 saturated heterocycles. The smallest absolute Gasteiger partial charge is 0.254 e. The van der Waals surface area contributed by atoms with Gasteiger partial charge in [0, 0.05) is 42.9 Å². The molecule has 0 spiro atoms. The van der Waals surface area contributed by atoms with E-state index in [0.717, 1.165) is 12.1 Å². The van der Waals surface area contributed by atoms with E-state index >= 15 is 0 Å². The molecule has 0 bridgehead atoms. The van der Waals surface area contributed by atoms with E-state index in [4.69, 9.17) is 9.47 Å². The first-order valence-corrected chi connectivity index (χ1v) is 8.19. The summed E-state index contributed by atoms with van der Waals surface area (Å²) in [6.07, 6.45) is 0.493. The maximum absolute atomic E-state index is 13.5. The molecule has 0 unspecified atom stereocenters. The molecule has 2 rings (SSSR count). The topological polar surface area (TPSA) is 76.7 Å². The van der Waals surface area contributed by atoms with Gasteiger partial charge in [-0.3, -0.25) is 9.59 Å². The summed E-state index contributed by atoms with van der Waals surface area (Å²) < 4.78 is 36.6.